The topological polar surface area (TPSA) is 35.8 Å². The largest absolute Gasteiger partial charge is 0.431 e. The van der Waals surface area contributed by atoms with Crippen molar-refractivity contribution in [1.82, 2.24) is 0 Å². The lowest BCUT2D eigenvalue weighted by Gasteiger charge is -2.31. The van der Waals surface area contributed by atoms with Crippen LogP contribution in [0.2, 0.25) is 0 Å². The van der Waals surface area contributed by atoms with Crippen LogP contribution in [0.1, 0.15) is 31.2 Å². The van der Waals surface area contributed by atoms with E-state index in [-0.39, 0.29) is 12.6 Å². The summed E-state index contributed by atoms with van der Waals surface area (Å²) in [5, 5.41) is 14.5. The predicted molar refractivity (Wildman–Crippen MR) is 74.1 cm³/mol. The van der Waals surface area contributed by atoms with Crippen LogP contribution < -0.4 is 5.01 Å². The molecular formula is C15H17F3N2O. The lowest BCUT2D eigenvalue weighted by atomic mass is 9.82. The van der Waals surface area contributed by atoms with Gasteiger partial charge in [-0.15, -0.1) is 0 Å². The van der Waals surface area contributed by atoms with Gasteiger partial charge in [-0.2, -0.15) is 18.3 Å². The molecule has 2 unspecified atom stereocenters. The molecule has 1 saturated carbocycles. The number of rotatable bonds is 2. The van der Waals surface area contributed by atoms with E-state index in [1.165, 1.54) is 5.01 Å². The van der Waals surface area contributed by atoms with Crippen molar-refractivity contribution in [2.75, 3.05) is 5.01 Å². The van der Waals surface area contributed by atoms with E-state index in [9.17, 15) is 13.2 Å². The zero-order chi connectivity index (χ0) is 15.0. The average Bonchev–Trinajstić information content (AvgIpc) is 2.87. The number of hydrazone groups is 1. The quantitative estimate of drug-likeness (QED) is 0.907. The van der Waals surface area contributed by atoms with Crippen molar-refractivity contribution in [1.29, 1.82) is 0 Å². The molecule has 1 N–H and O–H groups in total. The lowest BCUT2D eigenvalue weighted by molar-refractivity contribution is -0.0628. The van der Waals surface area contributed by atoms with Crippen molar-refractivity contribution in [2.45, 2.75) is 44.5 Å². The lowest BCUT2D eigenvalue weighted by Crippen LogP contribution is -2.39. The summed E-state index contributed by atoms with van der Waals surface area (Å²) >= 11 is 0. The van der Waals surface area contributed by atoms with Crippen molar-refractivity contribution in [3.63, 3.8) is 0 Å². The second-order valence-corrected chi connectivity index (χ2v) is 5.61. The molecular weight excluding hydrogens is 281 g/mol. The smallest absolute Gasteiger partial charge is 0.392 e. The number of hydrogen-bond acceptors (Lipinski definition) is 3. The Kier molecular flexibility index (Phi) is 3.65. The molecule has 0 radical (unpaired) electrons. The molecule has 114 valence electrons. The minimum absolute atomic E-state index is 0.0800. The van der Waals surface area contributed by atoms with Crippen molar-refractivity contribution in [3.8, 4) is 0 Å². The van der Waals surface area contributed by atoms with Gasteiger partial charge < -0.3 is 5.11 Å². The number of halogens is 3. The summed E-state index contributed by atoms with van der Waals surface area (Å²) in [4.78, 5) is 0. The van der Waals surface area contributed by atoms with E-state index in [1.54, 1.807) is 24.3 Å². The normalized spacial score (nSPS) is 25.7. The highest BCUT2D eigenvalue weighted by atomic mass is 19.4. The number of alkyl halides is 3. The zero-order valence-corrected chi connectivity index (χ0v) is 11.5. The fourth-order valence-electron chi connectivity index (χ4n) is 3.26. The maximum absolute atomic E-state index is 13.1. The van der Waals surface area contributed by atoms with Crippen molar-refractivity contribution >= 4 is 11.4 Å². The Bertz CT molecular complexity index is 539. The number of aliphatic hydroxyl groups excluding tert-OH is 1. The fourth-order valence-corrected chi connectivity index (χ4v) is 3.26. The summed E-state index contributed by atoms with van der Waals surface area (Å²) in [7, 11) is 0. The molecule has 0 spiro atoms. The molecule has 1 aromatic carbocycles. The van der Waals surface area contributed by atoms with Gasteiger partial charge in [0.2, 0.25) is 0 Å². The van der Waals surface area contributed by atoms with Crippen LogP contribution >= 0.6 is 0 Å². The van der Waals surface area contributed by atoms with E-state index in [0.29, 0.717) is 12.1 Å². The van der Waals surface area contributed by atoms with Gasteiger partial charge in [0.05, 0.1) is 18.3 Å². The summed E-state index contributed by atoms with van der Waals surface area (Å²) in [6, 6.07) is 6.68. The van der Waals surface area contributed by atoms with E-state index in [2.05, 4.69) is 5.10 Å². The van der Waals surface area contributed by atoms with Crippen molar-refractivity contribution in [2.24, 2.45) is 11.0 Å². The summed E-state index contributed by atoms with van der Waals surface area (Å²) in [5.74, 6) is -0.517. The highest BCUT2D eigenvalue weighted by Crippen LogP contribution is 2.41. The zero-order valence-electron chi connectivity index (χ0n) is 11.5. The Morgan fingerprint density at radius 1 is 1.14 bits per heavy atom. The minimum atomic E-state index is -4.36. The minimum Gasteiger partial charge on any atom is -0.392 e. The first-order valence-corrected chi connectivity index (χ1v) is 7.15. The highest BCUT2D eigenvalue weighted by molar-refractivity contribution is 5.95. The number of anilines is 1. The molecule has 2 atom stereocenters. The van der Waals surface area contributed by atoms with Gasteiger partial charge in [0.1, 0.15) is 5.71 Å². The molecule has 3 nitrogen and oxygen atoms in total. The maximum Gasteiger partial charge on any atom is 0.431 e. The Morgan fingerprint density at radius 3 is 2.43 bits per heavy atom. The third-order valence-corrected chi connectivity index (χ3v) is 4.28. The van der Waals surface area contributed by atoms with Gasteiger partial charge in [0, 0.05) is 5.92 Å². The number of fused-ring (bicyclic) bond motifs is 1. The molecule has 6 heteroatoms. The van der Waals surface area contributed by atoms with E-state index >= 15 is 0 Å². The summed E-state index contributed by atoms with van der Waals surface area (Å²) in [6.45, 7) is -0.0800. The predicted octanol–water partition coefficient (Wildman–Crippen LogP) is 3.48. The van der Waals surface area contributed by atoms with E-state index in [4.69, 9.17) is 5.11 Å². The van der Waals surface area contributed by atoms with Gasteiger partial charge in [0.15, 0.2) is 0 Å². The molecule has 0 aromatic heterocycles. The second kappa shape index (κ2) is 5.33. The molecule has 0 amide bonds. The monoisotopic (exact) mass is 298 g/mol. The average molecular weight is 298 g/mol. The molecule has 0 bridgehead atoms. The summed E-state index contributed by atoms with van der Waals surface area (Å²) in [5.41, 5.74) is 0.750. The summed E-state index contributed by atoms with van der Waals surface area (Å²) < 4.78 is 39.4. The fraction of sp³-hybridized carbons (Fsp3) is 0.533. The molecule has 2 aliphatic rings. The SMILES string of the molecule is OCc1ccc(N2N=C(C(F)(F)F)C3CCCCC32)cc1. The Morgan fingerprint density at radius 2 is 1.81 bits per heavy atom. The van der Waals surface area contributed by atoms with E-state index < -0.39 is 17.8 Å². The maximum atomic E-state index is 13.1. The van der Waals surface area contributed by atoms with E-state index in [1.807, 2.05) is 0 Å². The molecule has 1 fully saturated rings. The molecule has 1 aliphatic carbocycles. The third kappa shape index (κ3) is 2.64. The van der Waals surface area contributed by atoms with Gasteiger partial charge in [-0.1, -0.05) is 25.0 Å². The van der Waals surface area contributed by atoms with Crippen LogP contribution in [0.5, 0.6) is 0 Å². The first-order chi connectivity index (χ1) is 10.0. The van der Waals surface area contributed by atoms with Gasteiger partial charge in [-0.25, -0.2) is 0 Å². The van der Waals surface area contributed by atoms with Crippen LogP contribution in [0.4, 0.5) is 18.9 Å². The molecule has 3 rings (SSSR count). The van der Waals surface area contributed by atoms with Gasteiger partial charge in [-0.05, 0) is 30.5 Å². The first-order valence-electron chi connectivity index (χ1n) is 7.15. The van der Waals surface area contributed by atoms with Gasteiger partial charge in [0.25, 0.3) is 0 Å². The molecule has 1 aliphatic heterocycles. The number of hydrogen-bond donors (Lipinski definition) is 1. The van der Waals surface area contributed by atoms with Crippen LogP contribution in [-0.4, -0.2) is 23.0 Å². The van der Waals surface area contributed by atoms with Crippen molar-refractivity contribution in [3.05, 3.63) is 29.8 Å². The number of benzene rings is 1. The summed E-state index contributed by atoms with van der Waals surface area (Å²) in [6.07, 6.45) is -1.32. The highest BCUT2D eigenvalue weighted by Gasteiger charge is 2.50. The Balaban J connectivity index is 1.94. The van der Waals surface area contributed by atoms with Crippen LogP contribution in [0.3, 0.4) is 0 Å². The van der Waals surface area contributed by atoms with Crippen molar-refractivity contribution < 1.29 is 18.3 Å². The van der Waals surface area contributed by atoms with Crippen LogP contribution in [0.15, 0.2) is 29.4 Å². The van der Waals surface area contributed by atoms with Crippen LogP contribution in [-0.2, 0) is 6.61 Å². The van der Waals surface area contributed by atoms with Crippen LogP contribution in [0.25, 0.3) is 0 Å². The molecule has 21 heavy (non-hydrogen) atoms. The number of aliphatic hydroxyl groups is 1. The second-order valence-electron chi connectivity index (χ2n) is 5.61. The molecule has 0 saturated heterocycles. The van der Waals surface area contributed by atoms with Crippen LogP contribution in [0, 0.1) is 5.92 Å². The Labute approximate surface area is 121 Å². The van der Waals surface area contributed by atoms with E-state index in [0.717, 1.165) is 24.8 Å². The van der Waals surface area contributed by atoms with Gasteiger partial charge >= 0.3 is 6.18 Å². The molecule has 1 heterocycles. The first kappa shape index (κ1) is 14.4. The third-order valence-electron chi connectivity index (χ3n) is 4.28. The standard InChI is InChI=1S/C15H17F3N2O/c16-15(17,18)14-12-3-1-2-4-13(12)20(19-14)11-7-5-10(9-21)6-8-11/h5-8,12-13,21H,1-4,9H2. The molecule has 1 aromatic rings. The number of nitrogens with zero attached hydrogens (tertiary/aromatic N) is 2. The van der Waals surface area contributed by atoms with Gasteiger partial charge in [-0.3, -0.25) is 5.01 Å². The Hall–Kier alpha value is -1.56.